The minimum atomic E-state index is 0.622. The second-order valence-electron chi connectivity index (χ2n) is 4.75. The van der Waals surface area contributed by atoms with E-state index in [1.807, 2.05) is 25.1 Å². The summed E-state index contributed by atoms with van der Waals surface area (Å²) in [5.41, 5.74) is 4.52. The van der Waals surface area contributed by atoms with E-state index in [0.29, 0.717) is 6.61 Å². The standard InChI is InChI=1S/C15H19N3O2/c1-3-20-13-5-4-10(8-14(13)19-2)15-11-9-16-7-6-12(11)17-18-15/h4-5,8,16H,3,6-7,9H2,1-2H3,(H,17,18). The number of H-pyrrole nitrogens is 1. The number of rotatable bonds is 4. The minimum absolute atomic E-state index is 0.622. The zero-order valence-corrected chi connectivity index (χ0v) is 11.8. The Bertz CT molecular complexity index is 607. The topological polar surface area (TPSA) is 59.2 Å². The summed E-state index contributed by atoms with van der Waals surface area (Å²) in [6.07, 6.45) is 0.997. The van der Waals surface area contributed by atoms with Gasteiger partial charge < -0.3 is 14.8 Å². The van der Waals surface area contributed by atoms with Crippen molar-refractivity contribution in [2.45, 2.75) is 19.9 Å². The maximum Gasteiger partial charge on any atom is 0.161 e. The summed E-state index contributed by atoms with van der Waals surface area (Å²) in [5.74, 6) is 1.51. The van der Waals surface area contributed by atoms with E-state index in [1.165, 1.54) is 11.3 Å². The fourth-order valence-corrected chi connectivity index (χ4v) is 2.55. The summed E-state index contributed by atoms with van der Waals surface area (Å²) in [6.45, 7) is 4.44. The third kappa shape index (κ3) is 2.25. The molecule has 0 fully saturated rings. The summed E-state index contributed by atoms with van der Waals surface area (Å²) in [6, 6.07) is 5.95. The molecule has 2 N–H and O–H groups in total. The van der Waals surface area contributed by atoms with Crippen LogP contribution in [0.2, 0.25) is 0 Å². The van der Waals surface area contributed by atoms with Crippen LogP contribution < -0.4 is 14.8 Å². The zero-order chi connectivity index (χ0) is 13.9. The molecule has 1 aromatic heterocycles. The molecule has 20 heavy (non-hydrogen) atoms. The summed E-state index contributed by atoms with van der Waals surface area (Å²) in [5, 5.41) is 11.0. The van der Waals surface area contributed by atoms with E-state index in [1.54, 1.807) is 7.11 Å². The molecule has 1 aliphatic heterocycles. The van der Waals surface area contributed by atoms with Crippen molar-refractivity contribution < 1.29 is 9.47 Å². The lowest BCUT2D eigenvalue weighted by Crippen LogP contribution is -2.23. The highest BCUT2D eigenvalue weighted by Crippen LogP contribution is 2.34. The van der Waals surface area contributed by atoms with Crippen LogP contribution in [0.1, 0.15) is 18.2 Å². The van der Waals surface area contributed by atoms with Crippen LogP contribution in [0.25, 0.3) is 11.3 Å². The zero-order valence-electron chi connectivity index (χ0n) is 11.8. The molecule has 5 nitrogen and oxygen atoms in total. The van der Waals surface area contributed by atoms with Gasteiger partial charge in [0, 0.05) is 36.3 Å². The first kappa shape index (κ1) is 13.0. The fourth-order valence-electron chi connectivity index (χ4n) is 2.55. The summed E-state index contributed by atoms with van der Waals surface area (Å²) >= 11 is 0. The van der Waals surface area contributed by atoms with E-state index >= 15 is 0 Å². The van der Waals surface area contributed by atoms with E-state index in [0.717, 1.165) is 42.3 Å². The van der Waals surface area contributed by atoms with Crippen molar-refractivity contribution in [3.05, 3.63) is 29.5 Å². The molecule has 0 atom stereocenters. The monoisotopic (exact) mass is 273 g/mol. The molecule has 0 spiro atoms. The predicted molar refractivity (Wildman–Crippen MR) is 77.2 cm³/mol. The van der Waals surface area contributed by atoms with Crippen LogP contribution in [0.15, 0.2) is 18.2 Å². The van der Waals surface area contributed by atoms with Crippen LogP contribution in [0, 0.1) is 0 Å². The van der Waals surface area contributed by atoms with Gasteiger partial charge in [-0.05, 0) is 25.1 Å². The number of aromatic nitrogens is 2. The van der Waals surface area contributed by atoms with Crippen molar-refractivity contribution in [3.8, 4) is 22.8 Å². The lowest BCUT2D eigenvalue weighted by atomic mass is 10.0. The number of hydrogen-bond acceptors (Lipinski definition) is 4. The van der Waals surface area contributed by atoms with E-state index in [9.17, 15) is 0 Å². The van der Waals surface area contributed by atoms with Crippen molar-refractivity contribution in [1.29, 1.82) is 0 Å². The first-order valence-electron chi connectivity index (χ1n) is 6.91. The Labute approximate surface area is 118 Å². The molecule has 5 heteroatoms. The van der Waals surface area contributed by atoms with Gasteiger partial charge in [0.1, 0.15) is 0 Å². The molecule has 0 radical (unpaired) electrons. The largest absolute Gasteiger partial charge is 0.493 e. The first-order valence-corrected chi connectivity index (χ1v) is 6.91. The molecule has 0 aliphatic carbocycles. The van der Waals surface area contributed by atoms with Crippen LogP contribution in [0.4, 0.5) is 0 Å². The average molecular weight is 273 g/mol. The number of nitrogens with zero attached hydrogens (tertiary/aromatic N) is 1. The third-order valence-corrected chi connectivity index (χ3v) is 3.54. The number of hydrogen-bond donors (Lipinski definition) is 2. The van der Waals surface area contributed by atoms with Crippen LogP contribution in [0.5, 0.6) is 11.5 Å². The highest BCUT2D eigenvalue weighted by molar-refractivity contribution is 5.67. The molecule has 3 rings (SSSR count). The van der Waals surface area contributed by atoms with Gasteiger partial charge in [-0.15, -0.1) is 0 Å². The highest BCUT2D eigenvalue weighted by Gasteiger charge is 2.18. The lowest BCUT2D eigenvalue weighted by molar-refractivity contribution is 0.311. The number of aromatic amines is 1. The molecule has 1 aromatic carbocycles. The lowest BCUT2D eigenvalue weighted by Gasteiger charge is -2.14. The fraction of sp³-hybridized carbons (Fsp3) is 0.400. The van der Waals surface area contributed by atoms with Crippen molar-refractivity contribution in [3.63, 3.8) is 0 Å². The Hall–Kier alpha value is -2.01. The third-order valence-electron chi connectivity index (χ3n) is 3.54. The molecule has 0 saturated heterocycles. The SMILES string of the molecule is CCOc1ccc(-c2n[nH]c3c2CNCC3)cc1OC. The van der Waals surface area contributed by atoms with Gasteiger partial charge in [-0.25, -0.2) is 0 Å². The maximum absolute atomic E-state index is 5.55. The molecule has 106 valence electrons. The van der Waals surface area contributed by atoms with E-state index in [-0.39, 0.29) is 0 Å². The van der Waals surface area contributed by atoms with Gasteiger partial charge in [-0.3, -0.25) is 5.10 Å². The quantitative estimate of drug-likeness (QED) is 0.896. The van der Waals surface area contributed by atoms with Crippen LogP contribution >= 0.6 is 0 Å². The van der Waals surface area contributed by atoms with E-state index in [4.69, 9.17) is 9.47 Å². The van der Waals surface area contributed by atoms with Crippen molar-refractivity contribution in [2.75, 3.05) is 20.3 Å². The van der Waals surface area contributed by atoms with Gasteiger partial charge >= 0.3 is 0 Å². The Morgan fingerprint density at radius 2 is 2.20 bits per heavy atom. The van der Waals surface area contributed by atoms with Crippen LogP contribution in [-0.2, 0) is 13.0 Å². The van der Waals surface area contributed by atoms with Crippen LogP contribution in [-0.4, -0.2) is 30.5 Å². The Kier molecular flexibility index (Phi) is 3.60. The van der Waals surface area contributed by atoms with Gasteiger partial charge in [0.2, 0.25) is 0 Å². The molecule has 0 bridgehead atoms. The van der Waals surface area contributed by atoms with E-state index < -0.39 is 0 Å². The second kappa shape index (κ2) is 5.54. The van der Waals surface area contributed by atoms with Gasteiger partial charge in [0.25, 0.3) is 0 Å². The van der Waals surface area contributed by atoms with Gasteiger partial charge in [0.05, 0.1) is 19.4 Å². The second-order valence-corrected chi connectivity index (χ2v) is 4.75. The molecule has 1 aliphatic rings. The molecule has 0 amide bonds. The number of nitrogens with one attached hydrogen (secondary N) is 2. The normalized spacial score (nSPS) is 13.9. The Balaban J connectivity index is 2.00. The van der Waals surface area contributed by atoms with Gasteiger partial charge in [-0.1, -0.05) is 0 Å². The molecule has 0 unspecified atom stereocenters. The number of fused-ring (bicyclic) bond motifs is 1. The summed E-state index contributed by atoms with van der Waals surface area (Å²) in [4.78, 5) is 0. The average Bonchev–Trinajstić information content (AvgIpc) is 2.92. The highest BCUT2D eigenvalue weighted by atomic mass is 16.5. The Morgan fingerprint density at radius 1 is 1.30 bits per heavy atom. The smallest absolute Gasteiger partial charge is 0.161 e. The molecular weight excluding hydrogens is 254 g/mol. The minimum Gasteiger partial charge on any atom is -0.493 e. The Morgan fingerprint density at radius 3 is 3.00 bits per heavy atom. The van der Waals surface area contributed by atoms with E-state index in [2.05, 4.69) is 15.5 Å². The number of benzene rings is 1. The summed E-state index contributed by atoms with van der Waals surface area (Å²) in [7, 11) is 1.66. The molecule has 2 aromatic rings. The number of ether oxygens (including phenoxy) is 2. The molecule has 2 heterocycles. The molecule has 0 saturated carbocycles. The van der Waals surface area contributed by atoms with Gasteiger partial charge in [0.15, 0.2) is 11.5 Å². The summed E-state index contributed by atoms with van der Waals surface area (Å²) < 4.78 is 10.9. The van der Waals surface area contributed by atoms with Crippen molar-refractivity contribution in [1.82, 2.24) is 15.5 Å². The predicted octanol–water partition coefficient (Wildman–Crippen LogP) is 2.13. The van der Waals surface area contributed by atoms with Crippen LogP contribution in [0.3, 0.4) is 0 Å². The molecular formula is C15H19N3O2. The number of methoxy groups -OCH3 is 1. The maximum atomic E-state index is 5.55. The van der Waals surface area contributed by atoms with Crippen molar-refractivity contribution >= 4 is 0 Å². The van der Waals surface area contributed by atoms with Crippen molar-refractivity contribution in [2.24, 2.45) is 0 Å². The van der Waals surface area contributed by atoms with Gasteiger partial charge in [-0.2, -0.15) is 5.10 Å². The first-order chi connectivity index (χ1) is 9.83.